The predicted molar refractivity (Wildman–Crippen MR) is 128 cm³/mol. The van der Waals surface area contributed by atoms with Gasteiger partial charge in [-0.05, 0) is 29.8 Å². The van der Waals surface area contributed by atoms with Gasteiger partial charge in [-0.1, -0.05) is 36.4 Å². The van der Waals surface area contributed by atoms with Crippen molar-refractivity contribution >= 4 is 5.91 Å². The molecule has 1 N–H and O–H groups in total. The monoisotopic (exact) mass is 469 g/mol. The lowest BCUT2D eigenvalue weighted by Gasteiger charge is -2.28. The summed E-state index contributed by atoms with van der Waals surface area (Å²) in [5.41, 5.74) is 4.75. The number of amides is 1. The number of rotatable bonds is 6. The average molecular weight is 469 g/mol. The molecule has 0 aliphatic carbocycles. The third kappa shape index (κ3) is 3.45. The molecule has 0 spiro atoms. The summed E-state index contributed by atoms with van der Waals surface area (Å²) < 4.78 is 22.1. The first-order valence-electron chi connectivity index (χ1n) is 11.2. The second-order valence-electron chi connectivity index (χ2n) is 8.36. The van der Waals surface area contributed by atoms with E-state index in [9.17, 15) is 4.79 Å². The topological polar surface area (TPSA) is 85.9 Å². The lowest BCUT2D eigenvalue weighted by Crippen LogP contribution is -2.29. The number of ether oxygens (including phenoxy) is 4. The van der Waals surface area contributed by atoms with Crippen LogP contribution in [0.4, 0.5) is 0 Å². The molecular weight excluding hydrogens is 446 g/mol. The van der Waals surface area contributed by atoms with Crippen LogP contribution in [0, 0.1) is 0 Å². The summed E-state index contributed by atoms with van der Waals surface area (Å²) in [6.07, 6.45) is 0. The Bertz CT molecular complexity index is 1420. The highest BCUT2D eigenvalue weighted by atomic mass is 16.7. The number of aromatic amines is 1. The molecule has 176 valence electrons. The third-order valence-corrected chi connectivity index (χ3v) is 6.44. The summed E-state index contributed by atoms with van der Waals surface area (Å²) >= 11 is 0. The fourth-order valence-electron chi connectivity index (χ4n) is 4.78. The lowest BCUT2D eigenvalue weighted by atomic mass is 9.95. The van der Waals surface area contributed by atoms with Gasteiger partial charge in [0.05, 0.1) is 26.0 Å². The Labute approximate surface area is 202 Å². The first-order chi connectivity index (χ1) is 17.2. The molecule has 2 aliphatic heterocycles. The molecule has 0 saturated carbocycles. The summed E-state index contributed by atoms with van der Waals surface area (Å²) in [5.74, 6) is 2.56. The molecular formula is C27H23N3O5. The second kappa shape index (κ2) is 8.39. The van der Waals surface area contributed by atoms with Crippen molar-refractivity contribution in [3.63, 3.8) is 0 Å². The van der Waals surface area contributed by atoms with Crippen molar-refractivity contribution in [2.45, 2.75) is 12.6 Å². The van der Waals surface area contributed by atoms with E-state index in [-0.39, 0.29) is 12.7 Å². The predicted octanol–water partition coefficient (Wildman–Crippen LogP) is 4.57. The van der Waals surface area contributed by atoms with Crippen LogP contribution >= 0.6 is 0 Å². The number of nitrogens with zero attached hydrogens (tertiary/aromatic N) is 2. The van der Waals surface area contributed by atoms with E-state index in [1.165, 1.54) is 0 Å². The second-order valence-corrected chi connectivity index (χ2v) is 8.36. The zero-order valence-corrected chi connectivity index (χ0v) is 19.3. The quantitative estimate of drug-likeness (QED) is 0.445. The number of aromatic nitrogens is 2. The Morgan fingerprint density at radius 1 is 1.00 bits per heavy atom. The van der Waals surface area contributed by atoms with Crippen molar-refractivity contribution in [2.75, 3.05) is 21.0 Å². The van der Waals surface area contributed by atoms with Gasteiger partial charge in [-0.15, -0.1) is 0 Å². The molecule has 0 bridgehead atoms. The molecule has 1 unspecified atom stereocenters. The third-order valence-electron chi connectivity index (χ3n) is 6.44. The fraction of sp³-hybridized carbons (Fsp3) is 0.185. The number of carbonyl (C=O) groups is 1. The van der Waals surface area contributed by atoms with Gasteiger partial charge in [-0.3, -0.25) is 9.89 Å². The zero-order chi connectivity index (χ0) is 23.9. The van der Waals surface area contributed by atoms with Gasteiger partial charge in [0.1, 0.15) is 17.2 Å². The summed E-state index contributed by atoms with van der Waals surface area (Å²) in [4.78, 5) is 15.5. The molecule has 0 fully saturated rings. The summed E-state index contributed by atoms with van der Waals surface area (Å²) in [5, 5.41) is 7.54. The number of methoxy groups -OCH3 is 2. The maximum Gasteiger partial charge on any atom is 0.273 e. The standard InChI is InChI=1S/C27H23N3O5/c1-32-18-9-10-19(21(13-18)33-2)26-23-24(17-6-4-3-5-7-17)28-29-25(23)27(31)30(26)14-16-8-11-20-22(12-16)35-15-34-20/h3-13,26H,14-15H2,1-2H3,(H,28,29). The average Bonchev–Trinajstić information content (AvgIpc) is 3.61. The van der Waals surface area contributed by atoms with Crippen LogP contribution < -0.4 is 18.9 Å². The molecule has 8 heteroatoms. The Morgan fingerprint density at radius 3 is 2.63 bits per heavy atom. The Morgan fingerprint density at radius 2 is 1.83 bits per heavy atom. The maximum atomic E-state index is 13.7. The first-order valence-corrected chi connectivity index (χ1v) is 11.2. The molecule has 1 amide bonds. The molecule has 6 rings (SSSR count). The van der Waals surface area contributed by atoms with Crippen LogP contribution in [0.25, 0.3) is 11.3 Å². The highest BCUT2D eigenvalue weighted by Crippen LogP contribution is 2.47. The van der Waals surface area contributed by atoms with Crippen LogP contribution in [-0.4, -0.2) is 42.0 Å². The highest BCUT2D eigenvalue weighted by Gasteiger charge is 2.43. The van der Waals surface area contributed by atoms with Crippen molar-refractivity contribution in [2.24, 2.45) is 0 Å². The van der Waals surface area contributed by atoms with Gasteiger partial charge in [0.25, 0.3) is 5.91 Å². The molecule has 0 radical (unpaired) electrons. The smallest absolute Gasteiger partial charge is 0.273 e. The molecule has 3 aromatic carbocycles. The molecule has 8 nitrogen and oxygen atoms in total. The number of hydrogen-bond donors (Lipinski definition) is 1. The summed E-state index contributed by atoms with van der Waals surface area (Å²) in [6.45, 7) is 0.565. The van der Waals surface area contributed by atoms with Crippen LogP contribution in [-0.2, 0) is 6.54 Å². The van der Waals surface area contributed by atoms with E-state index in [1.807, 2.05) is 71.6 Å². The van der Waals surface area contributed by atoms with Crippen molar-refractivity contribution < 1.29 is 23.7 Å². The Kier molecular flexibility index (Phi) is 5.06. The number of benzene rings is 3. The van der Waals surface area contributed by atoms with Gasteiger partial charge >= 0.3 is 0 Å². The molecule has 1 aromatic heterocycles. The van der Waals surface area contributed by atoms with E-state index < -0.39 is 6.04 Å². The Hall–Kier alpha value is -4.46. The van der Waals surface area contributed by atoms with Gasteiger partial charge in [0, 0.05) is 29.3 Å². The van der Waals surface area contributed by atoms with Crippen molar-refractivity contribution in [1.29, 1.82) is 0 Å². The van der Waals surface area contributed by atoms with E-state index in [2.05, 4.69) is 10.2 Å². The van der Waals surface area contributed by atoms with Gasteiger partial charge < -0.3 is 23.8 Å². The molecule has 0 saturated heterocycles. The number of nitrogens with one attached hydrogen (secondary N) is 1. The van der Waals surface area contributed by atoms with Crippen LogP contribution in [0.3, 0.4) is 0 Å². The minimum absolute atomic E-state index is 0.129. The number of H-pyrrole nitrogens is 1. The van der Waals surface area contributed by atoms with Gasteiger partial charge in [0.2, 0.25) is 6.79 Å². The SMILES string of the molecule is COc1ccc(C2c3c(-c4ccccc4)n[nH]c3C(=O)N2Cc2ccc3c(c2)OCO3)c(OC)c1. The fourth-order valence-corrected chi connectivity index (χ4v) is 4.78. The first kappa shape index (κ1) is 21.1. The highest BCUT2D eigenvalue weighted by molar-refractivity contribution is 6.00. The van der Waals surface area contributed by atoms with Crippen LogP contribution in [0.5, 0.6) is 23.0 Å². The zero-order valence-electron chi connectivity index (χ0n) is 19.3. The van der Waals surface area contributed by atoms with E-state index in [0.29, 0.717) is 35.2 Å². The molecule has 4 aromatic rings. The van der Waals surface area contributed by atoms with Crippen molar-refractivity contribution in [3.8, 4) is 34.3 Å². The summed E-state index contributed by atoms with van der Waals surface area (Å²) in [6, 6.07) is 20.8. The summed E-state index contributed by atoms with van der Waals surface area (Å²) in [7, 11) is 3.23. The van der Waals surface area contributed by atoms with Crippen LogP contribution in [0.15, 0.2) is 66.7 Å². The Balaban J connectivity index is 1.49. The molecule has 1 atom stereocenters. The van der Waals surface area contributed by atoms with E-state index in [1.54, 1.807) is 14.2 Å². The van der Waals surface area contributed by atoms with Gasteiger partial charge in [-0.25, -0.2) is 0 Å². The van der Waals surface area contributed by atoms with Gasteiger partial charge in [-0.2, -0.15) is 5.10 Å². The number of carbonyl (C=O) groups excluding carboxylic acids is 1. The van der Waals surface area contributed by atoms with E-state index >= 15 is 0 Å². The number of hydrogen-bond acceptors (Lipinski definition) is 6. The van der Waals surface area contributed by atoms with Crippen LogP contribution in [0.2, 0.25) is 0 Å². The van der Waals surface area contributed by atoms with Crippen molar-refractivity contribution in [1.82, 2.24) is 15.1 Å². The largest absolute Gasteiger partial charge is 0.497 e. The molecule has 35 heavy (non-hydrogen) atoms. The van der Waals surface area contributed by atoms with E-state index in [4.69, 9.17) is 18.9 Å². The van der Waals surface area contributed by atoms with E-state index in [0.717, 1.165) is 27.9 Å². The molecule has 2 aliphatic rings. The minimum Gasteiger partial charge on any atom is -0.497 e. The minimum atomic E-state index is -0.419. The molecule has 3 heterocycles. The van der Waals surface area contributed by atoms with Gasteiger partial charge in [0.15, 0.2) is 11.5 Å². The van der Waals surface area contributed by atoms with Crippen molar-refractivity contribution in [3.05, 3.63) is 89.1 Å². The maximum absolute atomic E-state index is 13.7. The lowest BCUT2D eigenvalue weighted by molar-refractivity contribution is 0.0728. The normalized spacial score (nSPS) is 15.9. The van der Waals surface area contributed by atoms with Crippen LogP contribution in [0.1, 0.15) is 33.2 Å². The number of fused-ring (bicyclic) bond motifs is 2.